The predicted molar refractivity (Wildman–Crippen MR) is 110 cm³/mol. The number of hydrogen-bond acceptors (Lipinski definition) is 5. The van der Waals surface area contributed by atoms with Gasteiger partial charge < -0.3 is 9.64 Å². The van der Waals surface area contributed by atoms with Crippen LogP contribution in [0.2, 0.25) is 0 Å². The van der Waals surface area contributed by atoms with Crippen LogP contribution in [-0.2, 0) is 0 Å². The Morgan fingerprint density at radius 1 is 1.33 bits per heavy atom. The molecule has 27 heavy (non-hydrogen) atoms. The number of carbonyl (C=O) groups is 1. The van der Waals surface area contributed by atoms with Crippen molar-refractivity contribution >= 4 is 33.6 Å². The molecule has 0 amide bonds. The van der Waals surface area contributed by atoms with E-state index in [0.717, 1.165) is 28.9 Å². The van der Waals surface area contributed by atoms with E-state index in [1.54, 1.807) is 27.0 Å². The van der Waals surface area contributed by atoms with Gasteiger partial charge in [-0.1, -0.05) is 0 Å². The normalized spacial score (nSPS) is 11.2. The molecule has 0 saturated carbocycles. The third-order valence-corrected chi connectivity index (χ3v) is 4.89. The number of nitriles is 1. The summed E-state index contributed by atoms with van der Waals surface area (Å²) < 4.78 is 7.62. The largest absolute Gasteiger partial charge is 0.496 e. The molecule has 0 fully saturated rings. The van der Waals surface area contributed by atoms with Gasteiger partial charge in [0, 0.05) is 34.9 Å². The molecule has 2 aromatic rings. The first kappa shape index (κ1) is 20.7. The minimum Gasteiger partial charge on any atom is -0.496 e. The van der Waals surface area contributed by atoms with Crippen molar-refractivity contribution in [2.75, 3.05) is 25.1 Å². The molecule has 1 aromatic carbocycles. The van der Waals surface area contributed by atoms with Gasteiger partial charge in [-0.3, -0.25) is 4.79 Å². The van der Waals surface area contributed by atoms with Crippen molar-refractivity contribution in [3.05, 3.63) is 45.2 Å². The fourth-order valence-corrected chi connectivity index (χ4v) is 3.51. The number of carbonyl (C=O) groups excluding carboxylic acids is 1. The maximum atomic E-state index is 12.7. The molecule has 0 atom stereocenters. The van der Waals surface area contributed by atoms with E-state index in [9.17, 15) is 10.1 Å². The summed E-state index contributed by atoms with van der Waals surface area (Å²) in [5, 5.41) is 13.7. The van der Waals surface area contributed by atoms with Crippen molar-refractivity contribution < 1.29 is 9.53 Å². The van der Waals surface area contributed by atoms with Gasteiger partial charge in [-0.25, -0.2) is 4.68 Å². The molecule has 0 N–H and O–H groups in total. The van der Waals surface area contributed by atoms with Crippen molar-refractivity contribution in [3.63, 3.8) is 0 Å². The Hall–Kier alpha value is -2.59. The molecule has 2 rings (SSSR count). The van der Waals surface area contributed by atoms with E-state index < -0.39 is 5.91 Å². The molecule has 0 aliphatic heterocycles. The Labute approximate surface area is 168 Å². The van der Waals surface area contributed by atoms with Crippen LogP contribution in [0.1, 0.15) is 35.6 Å². The van der Waals surface area contributed by atoms with E-state index >= 15 is 0 Å². The molecule has 0 aliphatic rings. The monoisotopic (exact) mass is 430 g/mol. The van der Waals surface area contributed by atoms with Crippen molar-refractivity contribution in [3.8, 4) is 11.8 Å². The fourth-order valence-electron chi connectivity index (χ4n) is 2.90. The molecule has 7 heteroatoms. The standard InChI is InChI=1S/C20H23BrN4O2/c1-6-24(7-2)18-11-19(27-5)15(10-17(18)21)9-16(12-22)20(26)25-14(4)8-13(3)23-25/h8-11H,6-7H2,1-5H3/b16-9+. The molecule has 0 spiro atoms. The molecule has 0 unspecified atom stereocenters. The van der Waals surface area contributed by atoms with Gasteiger partial charge in [0.25, 0.3) is 5.91 Å². The van der Waals surface area contributed by atoms with Crippen LogP contribution in [0.25, 0.3) is 6.08 Å². The molecule has 0 saturated heterocycles. The van der Waals surface area contributed by atoms with E-state index in [-0.39, 0.29) is 5.57 Å². The average molecular weight is 431 g/mol. The Morgan fingerprint density at radius 2 is 2.00 bits per heavy atom. The average Bonchev–Trinajstić information content (AvgIpc) is 2.99. The second-order valence-corrected chi connectivity index (χ2v) is 6.89. The zero-order valence-electron chi connectivity index (χ0n) is 16.2. The Balaban J connectivity index is 2.52. The summed E-state index contributed by atoms with van der Waals surface area (Å²) in [5.74, 6) is 0.128. The minimum absolute atomic E-state index is 0.0120. The van der Waals surface area contributed by atoms with E-state index in [1.807, 2.05) is 18.2 Å². The molecule has 6 nitrogen and oxygen atoms in total. The molecule has 1 heterocycles. The zero-order chi connectivity index (χ0) is 20.1. The minimum atomic E-state index is -0.464. The molecule has 0 bridgehead atoms. The number of hydrogen-bond donors (Lipinski definition) is 0. The van der Waals surface area contributed by atoms with Crippen LogP contribution in [0.3, 0.4) is 0 Å². The summed E-state index contributed by atoms with van der Waals surface area (Å²) in [6.45, 7) is 9.45. The number of anilines is 1. The maximum Gasteiger partial charge on any atom is 0.289 e. The molecule has 0 aliphatic carbocycles. The molecular formula is C20H23BrN4O2. The third-order valence-electron chi connectivity index (χ3n) is 4.26. The molecular weight excluding hydrogens is 408 g/mol. The van der Waals surface area contributed by atoms with Crippen LogP contribution in [0.15, 0.2) is 28.2 Å². The van der Waals surface area contributed by atoms with Crippen LogP contribution in [-0.4, -0.2) is 35.9 Å². The van der Waals surface area contributed by atoms with Crippen molar-refractivity contribution in [2.45, 2.75) is 27.7 Å². The first-order valence-electron chi connectivity index (χ1n) is 8.68. The lowest BCUT2D eigenvalue weighted by molar-refractivity contribution is 0.0943. The van der Waals surface area contributed by atoms with E-state index in [4.69, 9.17) is 4.74 Å². The van der Waals surface area contributed by atoms with Crippen LogP contribution >= 0.6 is 15.9 Å². The van der Waals surface area contributed by atoms with Crippen LogP contribution in [0.4, 0.5) is 5.69 Å². The highest BCUT2D eigenvalue weighted by Crippen LogP contribution is 2.35. The number of nitrogens with zero attached hydrogens (tertiary/aromatic N) is 4. The Morgan fingerprint density at radius 3 is 2.48 bits per heavy atom. The topological polar surface area (TPSA) is 71.2 Å². The highest BCUT2D eigenvalue weighted by atomic mass is 79.9. The van der Waals surface area contributed by atoms with Gasteiger partial charge >= 0.3 is 0 Å². The number of methoxy groups -OCH3 is 1. The van der Waals surface area contributed by atoms with E-state index in [0.29, 0.717) is 17.0 Å². The number of aromatic nitrogens is 2. The third kappa shape index (κ3) is 4.40. The number of ether oxygens (including phenoxy) is 1. The van der Waals surface area contributed by atoms with Gasteiger partial charge in [-0.15, -0.1) is 0 Å². The zero-order valence-corrected chi connectivity index (χ0v) is 17.8. The van der Waals surface area contributed by atoms with Crippen molar-refractivity contribution in [1.29, 1.82) is 5.26 Å². The summed E-state index contributed by atoms with van der Waals surface area (Å²) in [6.07, 6.45) is 1.54. The summed E-state index contributed by atoms with van der Waals surface area (Å²) in [6, 6.07) is 7.55. The van der Waals surface area contributed by atoms with Gasteiger partial charge in [0.05, 0.1) is 18.5 Å². The van der Waals surface area contributed by atoms with Gasteiger partial charge in [0.15, 0.2) is 0 Å². The Bertz CT molecular complexity index is 921. The number of benzene rings is 1. The molecule has 142 valence electrons. The van der Waals surface area contributed by atoms with Crippen LogP contribution < -0.4 is 9.64 Å². The lowest BCUT2D eigenvalue weighted by Crippen LogP contribution is -2.22. The Kier molecular flexibility index (Phi) is 6.81. The summed E-state index contributed by atoms with van der Waals surface area (Å²) >= 11 is 3.59. The molecule has 1 aromatic heterocycles. The van der Waals surface area contributed by atoms with E-state index in [2.05, 4.69) is 39.8 Å². The highest BCUT2D eigenvalue weighted by Gasteiger charge is 2.18. The lowest BCUT2D eigenvalue weighted by Gasteiger charge is -2.23. The fraction of sp³-hybridized carbons (Fsp3) is 0.350. The number of halogens is 1. The quantitative estimate of drug-likeness (QED) is 0.502. The summed E-state index contributed by atoms with van der Waals surface area (Å²) in [5.41, 5.74) is 3.04. The predicted octanol–water partition coefficient (Wildman–Crippen LogP) is 4.36. The van der Waals surface area contributed by atoms with Crippen molar-refractivity contribution in [2.24, 2.45) is 0 Å². The molecule has 0 radical (unpaired) electrons. The van der Waals surface area contributed by atoms with Crippen molar-refractivity contribution in [1.82, 2.24) is 9.78 Å². The summed E-state index contributed by atoms with van der Waals surface area (Å²) in [7, 11) is 1.57. The van der Waals surface area contributed by atoms with Crippen LogP contribution in [0, 0.1) is 25.2 Å². The van der Waals surface area contributed by atoms with Gasteiger partial charge in [0.1, 0.15) is 17.4 Å². The van der Waals surface area contributed by atoms with Gasteiger partial charge in [-0.05, 0) is 61.8 Å². The smallest absolute Gasteiger partial charge is 0.289 e. The number of aryl methyl sites for hydroxylation is 2. The van der Waals surface area contributed by atoms with Gasteiger partial charge in [-0.2, -0.15) is 10.4 Å². The SMILES string of the molecule is CCN(CC)c1cc(OC)c(/C=C(\C#N)C(=O)n2nc(C)cc2C)cc1Br. The first-order chi connectivity index (χ1) is 12.9. The van der Waals surface area contributed by atoms with Crippen LogP contribution in [0.5, 0.6) is 5.75 Å². The second kappa shape index (κ2) is 8.87. The van der Waals surface area contributed by atoms with E-state index in [1.165, 1.54) is 10.8 Å². The highest BCUT2D eigenvalue weighted by molar-refractivity contribution is 9.10. The maximum absolute atomic E-state index is 12.7. The second-order valence-electron chi connectivity index (χ2n) is 6.03. The number of rotatable bonds is 6. The lowest BCUT2D eigenvalue weighted by atomic mass is 10.1. The number of allylic oxidation sites excluding steroid dienone is 1. The van der Waals surface area contributed by atoms with Gasteiger partial charge in [0.2, 0.25) is 0 Å². The summed E-state index contributed by atoms with van der Waals surface area (Å²) in [4.78, 5) is 14.9. The first-order valence-corrected chi connectivity index (χ1v) is 9.47.